The molecule has 0 spiro atoms. The van der Waals surface area contributed by atoms with Crippen LogP contribution in [0.25, 0.3) is 0 Å². The highest BCUT2D eigenvalue weighted by Crippen LogP contribution is 2.23. The first-order valence-corrected chi connectivity index (χ1v) is 5.97. The number of benzene rings is 1. The molecule has 0 aliphatic heterocycles. The molecule has 1 atom stereocenters. The fraction of sp³-hybridized carbons (Fsp3) is 0.455. The van der Waals surface area contributed by atoms with Gasteiger partial charge in [-0.2, -0.15) is 0 Å². The highest BCUT2D eigenvalue weighted by molar-refractivity contribution is 9.10. The standard InChI is InChI=1S/C11H15BrClNO/c1-8(7-15-2)14-6-9-3-4-11(13)10(12)5-9/h3-5,8,14H,6-7H2,1-2H3/t8-/m0/s1. The third-order valence-electron chi connectivity index (χ3n) is 2.06. The Labute approximate surface area is 104 Å². The van der Waals surface area contributed by atoms with Crippen molar-refractivity contribution in [3.63, 3.8) is 0 Å². The van der Waals surface area contributed by atoms with Crippen molar-refractivity contribution in [1.82, 2.24) is 5.32 Å². The normalized spacial score (nSPS) is 12.8. The summed E-state index contributed by atoms with van der Waals surface area (Å²) in [5, 5.41) is 4.10. The van der Waals surface area contributed by atoms with Crippen molar-refractivity contribution < 1.29 is 4.74 Å². The number of ether oxygens (including phenoxy) is 1. The minimum absolute atomic E-state index is 0.351. The molecule has 2 nitrogen and oxygen atoms in total. The third kappa shape index (κ3) is 4.51. The largest absolute Gasteiger partial charge is 0.383 e. The maximum atomic E-state index is 5.91. The van der Waals surface area contributed by atoms with Gasteiger partial charge in [0.25, 0.3) is 0 Å². The average molecular weight is 293 g/mol. The van der Waals surface area contributed by atoms with Crippen LogP contribution in [0.5, 0.6) is 0 Å². The summed E-state index contributed by atoms with van der Waals surface area (Å²) in [7, 11) is 1.71. The molecule has 0 saturated carbocycles. The lowest BCUT2D eigenvalue weighted by Gasteiger charge is -2.12. The molecule has 1 rings (SSSR count). The van der Waals surface area contributed by atoms with E-state index in [-0.39, 0.29) is 0 Å². The van der Waals surface area contributed by atoms with E-state index in [4.69, 9.17) is 16.3 Å². The molecule has 0 aliphatic carbocycles. The third-order valence-corrected chi connectivity index (χ3v) is 3.27. The summed E-state index contributed by atoms with van der Waals surface area (Å²) in [6, 6.07) is 6.28. The predicted octanol–water partition coefficient (Wildman–Crippen LogP) is 3.23. The zero-order chi connectivity index (χ0) is 11.3. The van der Waals surface area contributed by atoms with Crippen molar-refractivity contribution in [2.45, 2.75) is 19.5 Å². The van der Waals surface area contributed by atoms with E-state index in [0.29, 0.717) is 6.04 Å². The lowest BCUT2D eigenvalue weighted by atomic mass is 10.2. The van der Waals surface area contributed by atoms with Gasteiger partial charge >= 0.3 is 0 Å². The Morgan fingerprint density at radius 3 is 2.87 bits per heavy atom. The van der Waals surface area contributed by atoms with Gasteiger partial charge < -0.3 is 10.1 Å². The summed E-state index contributed by atoms with van der Waals surface area (Å²) in [5.74, 6) is 0. The molecule has 84 valence electrons. The number of hydrogen-bond donors (Lipinski definition) is 1. The summed E-state index contributed by atoms with van der Waals surface area (Å²) in [5.41, 5.74) is 1.20. The van der Waals surface area contributed by atoms with Crippen LogP contribution >= 0.6 is 27.5 Å². The van der Waals surface area contributed by atoms with Crippen LogP contribution < -0.4 is 5.32 Å². The molecule has 1 aromatic rings. The van der Waals surface area contributed by atoms with E-state index in [1.54, 1.807) is 7.11 Å². The molecule has 0 unspecified atom stereocenters. The second kappa shape index (κ2) is 6.48. The van der Waals surface area contributed by atoms with Crippen molar-refractivity contribution in [3.8, 4) is 0 Å². The van der Waals surface area contributed by atoms with E-state index in [1.165, 1.54) is 5.56 Å². The van der Waals surface area contributed by atoms with Gasteiger partial charge in [0.1, 0.15) is 0 Å². The molecule has 0 aliphatic rings. The predicted molar refractivity (Wildman–Crippen MR) is 67.3 cm³/mol. The molecule has 0 bridgehead atoms. The van der Waals surface area contributed by atoms with E-state index in [2.05, 4.69) is 28.2 Å². The summed E-state index contributed by atoms with van der Waals surface area (Å²) < 4.78 is 5.98. The maximum Gasteiger partial charge on any atom is 0.0613 e. The van der Waals surface area contributed by atoms with Crippen LogP contribution in [0.3, 0.4) is 0 Å². The summed E-state index contributed by atoms with van der Waals surface area (Å²) in [6.07, 6.45) is 0. The highest BCUT2D eigenvalue weighted by atomic mass is 79.9. The second-order valence-corrected chi connectivity index (χ2v) is 4.75. The van der Waals surface area contributed by atoms with E-state index in [9.17, 15) is 0 Å². The zero-order valence-electron chi connectivity index (χ0n) is 8.89. The second-order valence-electron chi connectivity index (χ2n) is 3.49. The van der Waals surface area contributed by atoms with Crippen molar-refractivity contribution in [2.24, 2.45) is 0 Å². The molecular formula is C11H15BrClNO. The first-order valence-electron chi connectivity index (χ1n) is 4.79. The molecule has 0 amide bonds. The van der Waals surface area contributed by atoms with E-state index in [0.717, 1.165) is 22.6 Å². The quantitative estimate of drug-likeness (QED) is 0.900. The number of methoxy groups -OCH3 is 1. The fourth-order valence-electron chi connectivity index (χ4n) is 1.25. The van der Waals surface area contributed by atoms with E-state index in [1.807, 2.05) is 18.2 Å². The van der Waals surface area contributed by atoms with Gasteiger partial charge in [-0.1, -0.05) is 17.7 Å². The minimum atomic E-state index is 0.351. The number of rotatable bonds is 5. The molecule has 1 aromatic carbocycles. The van der Waals surface area contributed by atoms with Gasteiger partial charge in [-0.25, -0.2) is 0 Å². The first-order chi connectivity index (χ1) is 7.13. The number of halogens is 2. The Kier molecular flexibility index (Phi) is 5.61. The highest BCUT2D eigenvalue weighted by Gasteiger charge is 2.02. The van der Waals surface area contributed by atoms with Crippen LogP contribution in [0.4, 0.5) is 0 Å². The number of hydrogen-bond acceptors (Lipinski definition) is 2. The SMILES string of the molecule is COC[C@H](C)NCc1ccc(Cl)c(Br)c1. The molecule has 0 heterocycles. The molecular weight excluding hydrogens is 277 g/mol. The summed E-state index contributed by atoms with van der Waals surface area (Å²) >= 11 is 9.31. The monoisotopic (exact) mass is 291 g/mol. The Hall–Kier alpha value is -0.0900. The topological polar surface area (TPSA) is 21.3 Å². The molecule has 15 heavy (non-hydrogen) atoms. The zero-order valence-corrected chi connectivity index (χ0v) is 11.2. The van der Waals surface area contributed by atoms with Gasteiger partial charge in [0.05, 0.1) is 11.6 Å². The van der Waals surface area contributed by atoms with Crippen LogP contribution in [-0.4, -0.2) is 19.8 Å². The van der Waals surface area contributed by atoms with Gasteiger partial charge in [0.2, 0.25) is 0 Å². The fourth-order valence-corrected chi connectivity index (χ4v) is 1.79. The minimum Gasteiger partial charge on any atom is -0.383 e. The van der Waals surface area contributed by atoms with Gasteiger partial charge in [0, 0.05) is 24.2 Å². The Balaban J connectivity index is 2.47. The summed E-state index contributed by atoms with van der Waals surface area (Å²) in [6.45, 7) is 3.63. The van der Waals surface area contributed by atoms with E-state index < -0.39 is 0 Å². The Morgan fingerprint density at radius 2 is 2.27 bits per heavy atom. The Bertz CT molecular complexity index is 319. The molecule has 1 N–H and O–H groups in total. The number of nitrogens with one attached hydrogen (secondary N) is 1. The van der Waals surface area contributed by atoms with Gasteiger partial charge in [-0.3, -0.25) is 0 Å². The van der Waals surface area contributed by atoms with E-state index >= 15 is 0 Å². The lowest BCUT2D eigenvalue weighted by Crippen LogP contribution is -2.29. The first kappa shape index (κ1) is 13.0. The van der Waals surface area contributed by atoms with Crippen molar-refractivity contribution in [2.75, 3.05) is 13.7 Å². The van der Waals surface area contributed by atoms with Gasteiger partial charge in [0.15, 0.2) is 0 Å². The van der Waals surface area contributed by atoms with Gasteiger partial charge in [-0.15, -0.1) is 0 Å². The molecule has 0 radical (unpaired) electrons. The molecule has 0 fully saturated rings. The van der Waals surface area contributed by atoms with Crippen LogP contribution in [-0.2, 0) is 11.3 Å². The van der Waals surface area contributed by atoms with Crippen molar-refractivity contribution in [3.05, 3.63) is 33.3 Å². The van der Waals surface area contributed by atoms with Crippen LogP contribution in [0, 0.1) is 0 Å². The van der Waals surface area contributed by atoms with Crippen molar-refractivity contribution >= 4 is 27.5 Å². The molecule has 0 aromatic heterocycles. The van der Waals surface area contributed by atoms with Crippen LogP contribution in [0.1, 0.15) is 12.5 Å². The lowest BCUT2D eigenvalue weighted by molar-refractivity contribution is 0.171. The Morgan fingerprint density at radius 1 is 1.53 bits per heavy atom. The molecule has 0 saturated heterocycles. The molecule has 4 heteroatoms. The van der Waals surface area contributed by atoms with Crippen molar-refractivity contribution in [1.29, 1.82) is 0 Å². The summed E-state index contributed by atoms with van der Waals surface area (Å²) in [4.78, 5) is 0. The van der Waals surface area contributed by atoms with Crippen LogP contribution in [0.2, 0.25) is 5.02 Å². The van der Waals surface area contributed by atoms with Crippen LogP contribution in [0.15, 0.2) is 22.7 Å². The smallest absolute Gasteiger partial charge is 0.0613 e. The van der Waals surface area contributed by atoms with Gasteiger partial charge in [-0.05, 0) is 40.5 Å². The average Bonchev–Trinajstić information content (AvgIpc) is 2.20. The maximum absolute atomic E-state index is 5.91.